The quantitative estimate of drug-likeness (QED) is 0.935. The molecule has 0 aliphatic carbocycles. The van der Waals surface area contributed by atoms with E-state index in [0.29, 0.717) is 11.6 Å². The van der Waals surface area contributed by atoms with E-state index >= 15 is 0 Å². The number of rotatable bonds is 4. The molecule has 1 amide bonds. The van der Waals surface area contributed by atoms with Crippen molar-refractivity contribution >= 4 is 17.5 Å². The minimum atomic E-state index is -0.176. The third-order valence-corrected chi connectivity index (χ3v) is 4.44. The lowest BCUT2D eigenvalue weighted by Crippen LogP contribution is -2.23. The first-order valence-corrected chi connectivity index (χ1v) is 8.59. The van der Waals surface area contributed by atoms with Gasteiger partial charge in [-0.05, 0) is 50.3 Å². The van der Waals surface area contributed by atoms with Crippen LogP contribution in [0.15, 0.2) is 24.3 Å². The Morgan fingerprint density at radius 1 is 1.21 bits per heavy atom. The lowest BCUT2D eigenvalue weighted by molar-refractivity contribution is 0.102. The van der Waals surface area contributed by atoms with E-state index < -0.39 is 0 Å². The molecule has 0 atom stereocenters. The Balaban J connectivity index is 1.88. The fourth-order valence-corrected chi connectivity index (χ4v) is 3.11. The van der Waals surface area contributed by atoms with Crippen molar-refractivity contribution < 1.29 is 4.79 Å². The summed E-state index contributed by atoms with van der Waals surface area (Å²) < 4.78 is 0. The van der Waals surface area contributed by atoms with Gasteiger partial charge in [0, 0.05) is 24.5 Å². The number of anilines is 2. The molecule has 2 heterocycles. The second-order valence-electron chi connectivity index (χ2n) is 6.31. The standard InChI is InChI=1S/C19H24N4O/c1-4-15-9-7-8-13(2)17(15)22-18(24)16-12-14(3)20-19(21-16)23-10-5-6-11-23/h7-9,12H,4-6,10-11H2,1-3H3,(H,22,24). The number of carbonyl (C=O) groups is 1. The van der Waals surface area contributed by atoms with Gasteiger partial charge in [-0.15, -0.1) is 0 Å². The van der Waals surface area contributed by atoms with Gasteiger partial charge in [-0.1, -0.05) is 25.1 Å². The number of carbonyl (C=O) groups excluding carboxylic acids is 1. The van der Waals surface area contributed by atoms with Crippen molar-refractivity contribution in [2.45, 2.75) is 40.0 Å². The Kier molecular flexibility index (Phi) is 4.79. The van der Waals surface area contributed by atoms with Gasteiger partial charge in [-0.3, -0.25) is 4.79 Å². The molecular weight excluding hydrogens is 300 g/mol. The smallest absolute Gasteiger partial charge is 0.274 e. The van der Waals surface area contributed by atoms with Crippen LogP contribution in [0.4, 0.5) is 11.6 Å². The van der Waals surface area contributed by atoms with Crippen LogP contribution in [0.25, 0.3) is 0 Å². The van der Waals surface area contributed by atoms with Gasteiger partial charge < -0.3 is 10.2 Å². The molecule has 1 N–H and O–H groups in total. The van der Waals surface area contributed by atoms with Crippen LogP contribution in [-0.4, -0.2) is 29.0 Å². The highest BCUT2D eigenvalue weighted by Crippen LogP contribution is 2.22. The zero-order valence-electron chi connectivity index (χ0n) is 14.6. The van der Waals surface area contributed by atoms with Crippen LogP contribution in [0, 0.1) is 13.8 Å². The molecule has 0 radical (unpaired) electrons. The Labute approximate surface area is 143 Å². The fourth-order valence-electron chi connectivity index (χ4n) is 3.11. The van der Waals surface area contributed by atoms with E-state index in [4.69, 9.17) is 0 Å². The van der Waals surface area contributed by atoms with Crippen LogP contribution in [0.5, 0.6) is 0 Å². The summed E-state index contributed by atoms with van der Waals surface area (Å²) in [6.07, 6.45) is 3.18. The molecule has 0 unspecified atom stereocenters. The molecule has 1 fully saturated rings. The summed E-state index contributed by atoms with van der Waals surface area (Å²) in [5.74, 6) is 0.489. The van der Waals surface area contributed by atoms with Gasteiger partial charge in [0.1, 0.15) is 5.69 Å². The first kappa shape index (κ1) is 16.4. The van der Waals surface area contributed by atoms with Crippen molar-refractivity contribution in [3.05, 3.63) is 46.8 Å². The lowest BCUT2D eigenvalue weighted by Gasteiger charge is -2.17. The van der Waals surface area contributed by atoms with Gasteiger partial charge in [-0.25, -0.2) is 9.97 Å². The van der Waals surface area contributed by atoms with Crippen molar-refractivity contribution in [3.8, 4) is 0 Å². The second-order valence-corrected chi connectivity index (χ2v) is 6.31. The van der Waals surface area contributed by atoms with Crippen molar-refractivity contribution in [1.29, 1.82) is 0 Å². The van der Waals surface area contributed by atoms with Gasteiger partial charge in [0.05, 0.1) is 0 Å². The molecule has 1 aromatic carbocycles. The third-order valence-electron chi connectivity index (χ3n) is 4.44. The van der Waals surface area contributed by atoms with Crippen LogP contribution in [-0.2, 0) is 6.42 Å². The molecule has 1 aromatic heterocycles. The fraction of sp³-hybridized carbons (Fsp3) is 0.421. The highest BCUT2D eigenvalue weighted by Gasteiger charge is 2.19. The minimum Gasteiger partial charge on any atom is -0.341 e. The zero-order valence-corrected chi connectivity index (χ0v) is 14.6. The highest BCUT2D eigenvalue weighted by molar-refractivity contribution is 6.04. The van der Waals surface area contributed by atoms with Crippen molar-refractivity contribution in [2.24, 2.45) is 0 Å². The van der Waals surface area contributed by atoms with Gasteiger partial charge >= 0.3 is 0 Å². The molecule has 24 heavy (non-hydrogen) atoms. The minimum absolute atomic E-state index is 0.176. The molecule has 1 saturated heterocycles. The Hall–Kier alpha value is -2.43. The maximum Gasteiger partial charge on any atom is 0.274 e. The van der Waals surface area contributed by atoms with E-state index in [1.54, 1.807) is 6.07 Å². The van der Waals surface area contributed by atoms with Crippen LogP contribution in [0.2, 0.25) is 0 Å². The molecule has 1 aliphatic heterocycles. The van der Waals surface area contributed by atoms with Crippen molar-refractivity contribution in [3.63, 3.8) is 0 Å². The number of benzene rings is 1. The summed E-state index contributed by atoms with van der Waals surface area (Å²) in [7, 11) is 0. The molecular formula is C19H24N4O. The van der Waals surface area contributed by atoms with E-state index in [2.05, 4.69) is 27.1 Å². The van der Waals surface area contributed by atoms with E-state index in [9.17, 15) is 4.79 Å². The van der Waals surface area contributed by atoms with Gasteiger partial charge in [0.15, 0.2) is 0 Å². The van der Waals surface area contributed by atoms with Crippen LogP contribution in [0.3, 0.4) is 0 Å². The van der Waals surface area contributed by atoms with E-state index in [0.717, 1.165) is 54.9 Å². The number of nitrogens with zero attached hydrogens (tertiary/aromatic N) is 3. The zero-order chi connectivity index (χ0) is 17.1. The number of amides is 1. The number of aryl methyl sites for hydroxylation is 3. The number of aromatic nitrogens is 2. The SMILES string of the molecule is CCc1cccc(C)c1NC(=O)c1cc(C)nc(N2CCCC2)n1. The summed E-state index contributed by atoms with van der Waals surface area (Å²) in [5.41, 5.74) is 4.33. The molecule has 126 valence electrons. The van der Waals surface area contributed by atoms with Gasteiger partial charge in [-0.2, -0.15) is 0 Å². The Morgan fingerprint density at radius 3 is 2.67 bits per heavy atom. The van der Waals surface area contributed by atoms with E-state index in [-0.39, 0.29) is 5.91 Å². The molecule has 5 nitrogen and oxygen atoms in total. The first-order valence-electron chi connectivity index (χ1n) is 8.59. The summed E-state index contributed by atoms with van der Waals surface area (Å²) in [6, 6.07) is 7.82. The monoisotopic (exact) mass is 324 g/mol. The largest absolute Gasteiger partial charge is 0.341 e. The summed E-state index contributed by atoms with van der Waals surface area (Å²) in [5, 5.41) is 3.04. The number of hydrogen-bond donors (Lipinski definition) is 1. The number of nitrogens with one attached hydrogen (secondary N) is 1. The summed E-state index contributed by atoms with van der Waals surface area (Å²) >= 11 is 0. The maximum atomic E-state index is 12.7. The molecule has 1 aliphatic rings. The Morgan fingerprint density at radius 2 is 1.96 bits per heavy atom. The number of hydrogen-bond acceptors (Lipinski definition) is 4. The van der Waals surface area contributed by atoms with Gasteiger partial charge in [0.25, 0.3) is 5.91 Å². The van der Waals surface area contributed by atoms with Crippen LogP contribution >= 0.6 is 0 Å². The van der Waals surface area contributed by atoms with E-state index in [1.165, 1.54) is 0 Å². The Bertz CT molecular complexity index is 751. The predicted molar refractivity (Wildman–Crippen MR) is 96.7 cm³/mol. The topological polar surface area (TPSA) is 58.1 Å². The second kappa shape index (κ2) is 6.99. The summed E-state index contributed by atoms with van der Waals surface area (Å²) in [4.78, 5) is 23.9. The normalized spacial score (nSPS) is 14.0. The average Bonchev–Trinajstić information content (AvgIpc) is 3.10. The average molecular weight is 324 g/mol. The molecule has 0 spiro atoms. The summed E-state index contributed by atoms with van der Waals surface area (Å²) in [6.45, 7) is 7.92. The van der Waals surface area contributed by atoms with E-state index in [1.807, 2.05) is 32.0 Å². The van der Waals surface area contributed by atoms with Crippen LogP contribution in [0.1, 0.15) is 47.1 Å². The van der Waals surface area contributed by atoms with Crippen LogP contribution < -0.4 is 10.2 Å². The lowest BCUT2D eigenvalue weighted by atomic mass is 10.1. The molecule has 5 heteroatoms. The van der Waals surface area contributed by atoms with Crippen molar-refractivity contribution in [2.75, 3.05) is 23.3 Å². The first-order chi connectivity index (χ1) is 11.6. The molecule has 2 aromatic rings. The highest BCUT2D eigenvalue weighted by atomic mass is 16.1. The van der Waals surface area contributed by atoms with Gasteiger partial charge in [0.2, 0.25) is 5.95 Å². The number of para-hydroxylation sites is 1. The predicted octanol–water partition coefficient (Wildman–Crippen LogP) is 3.51. The maximum absolute atomic E-state index is 12.7. The van der Waals surface area contributed by atoms with Crippen molar-refractivity contribution in [1.82, 2.24) is 9.97 Å². The molecule has 3 rings (SSSR count). The molecule has 0 bridgehead atoms. The molecule has 0 saturated carbocycles. The third kappa shape index (κ3) is 3.40.